The number of benzene rings is 1. The van der Waals surface area contributed by atoms with Crippen molar-refractivity contribution >= 4 is 17.1 Å². The van der Waals surface area contributed by atoms with E-state index in [9.17, 15) is 14.4 Å². The number of halogens is 1. The summed E-state index contributed by atoms with van der Waals surface area (Å²) in [6.07, 6.45) is 6.36. The number of carbonyl (C=O) groups is 1. The normalized spacial score (nSPS) is 25.3. The molecule has 0 bridgehead atoms. The van der Waals surface area contributed by atoms with Crippen molar-refractivity contribution < 1.29 is 13.9 Å². The molecule has 3 aromatic rings. The summed E-state index contributed by atoms with van der Waals surface area (Å²) in [4.78, 5) is 22.9. The Balaban J connectivity index is 1.35. The Kier molecular flexibility index (Phi) is 4.85. The highest BCUT2D eigenvalue weighted by atomic mass is 19.1. The van der Waals surface area contributed by atoms with Crippen molar-refractivity contribution in [3.8, 4) is 6.07 Å². The maximum atomic E-state index is 13.5. The number of rotatable bonds is 4. The zero-order chi connectivity index (χ0) is 22.3. The van der Waals surface area contributed by atoms with Gasteiger partial charge in [0.2, 0.25) is 0 Å². The monoisotopic (exact) mass is 433 g/mol. The average molecular weight is 433 g/mol. The van der Waals surface area contributed by atoms with Crippen molar-refractivity contribution in [1.82, 2.24) is 19.4 Å². The van der Waals surface area contributed by atoms with Gasteiger partial charge in [0.25, 0.3) is 0 Å². The van der Waals surface area contributed by atoms with Crippen molar-refractivity contribution in [2.45, 2.75) is 51.3 Å². The minimum absolute atomic E-state index is 0.0953. The van der Waals surface area contributed by atoms with Gasteiger partial charge in [-0.15, -0.1) is 0 Å². The quantitative estimate of drug-likeness (QED) is 0.608. The molecule has 1 saturated carbocycles. The van der Waals surface area contributed by atoms with Crippen LogP contribution < -0.4 is 0 Å². The number of imidazole rings is 1. The minimum atomic E-state index is -0.550. The van der Waals surface area contributed by atoms with Gasteiger partial charge in [-0.25, -0.2) is 14.2 Å². The Morgan fingerprint density at radius 3 is 2.94 bits per heavy atom. The van der Waals surface area contributed by atoms with Crippen LogP contribution in [0.2, 0.25) is 0 Å². The lowest BCUT2D eigenvalue weighted by Gasteiger charge is -2.43. The van der Waals surface area contributed by atoms with Gasteiger partial charge >= 0.3 is 6.09 Å². The van der Waals surface area contributed by atoms with Crippen LogP contribution >= 0.6 is 0 Å². The molecule has 0 radical (unpaired) electrons. The topological polar surface area (TPSA) is 84.0 Å². The molecular formula is C24H24FN5O2. The molecule has 1 aliphatic heterocycles. The molecule has 1 aliphatic carbocycles. The second kappa shape index (κ2) is 7.59. The summed E-state index contributed by atoms with van der Waals surface area (Å²) in [5, 5.41) is 9.25. The highest BCUT2D eigenvalue weighted by Gasteiger charge is 2.51. The molecule has 7 nitrogen and oxygen atoms in total. The Morgan fingerprint density at radius 2 is 2.12 bits per heavy atom. The second-order valence-corrected chi connectivity index (χ2v) is 9.40. The lowest BCUT2D eigenvalue weighted by Crippen LogP contribution is -2.44. The van der Waals surface area contributed by atoms with E-state index < -0.39 is 5.60 Å². The molecule has 5 rings (SSSR count). The number of hydrogen-bond acceptors (Lipinski definition) is 5. The summed E-state index contributed by atoms with van der Waals surface area (Å²) in [7, 11) is 0. The standard InChI is InChI=1S/C24H24FN5O2/c1-23(14-30-16-28-20-4-3-17(11-26)9-21(20)30)6-2-7-24(13-23)15-29(22(31)32-24)12-19-10-18(25)5-8-27-19/h3-5,8-10,16H,2,6-7,12-15H2,1H3/t23-,24?/m0/s1. The third-order valence-electron chi connectivity index (χ3n) is 6.64. The van der Waals surface area contributed by atoms with Crippen LogP contribution in [0, 0.1) is 22.6 Å². The van der Waals surface area contributed by atoms with Gasteiger partial charge in [-0.1, -0.05) is 6.92 Å². The predicted octanol–water partition coefficient (Wildman–Crippen LogP) is 4.41. The third kappa shape index (κ3) is 3.79. The van der Waals surface area contributed by atoms with Gasteiger partial charge in [-0.05, 0) is 61.4 Å². The molecule has 1 spiro atoms. The zero-order valence-corrected chi connectivity index (χ0v) is 17.9. The van der Waals surface area contributed by atoms with Gasteiger partial charge in [0.05, 0.1) is 47.8 Å². The molecule has 2 aliphatic rings. The molecule has 1 amide bonds. The van der Waals surface area contributed by atoms with Gasteiger partial charge in [0.1, 0.15) is 11.4 Å². The van der Waals surface area contributed by atoms with Crippen LogP contribution in [0.1, 0.15) is 43.9 Å². The molecule has 2 fully saturated rings. The van der Waals surface area contributed by atoms with E-state index in [1.807, 2.05) is 18.5 Å². The predicted molar refractivity (Wildman–Crippen MR) is 115 cm³/mol. The van der Waals surface area contributed by atoms with Gasteiger partial charge < -0.3 is 9.30 Å². The van der Waals surface area contributed by atoms with Crippen molar-refractivity contribution in [2.75, 3.05) is 6.54 Å². The molecule has 8 heteroatoms. The van der Waals surface area contributed by atoms with Gasteiger partial charge in [-0.3, -0.25) is 9.88 Å². The summed E-state index contributed by atoms with van der Waals surface area (Å²) in [5.74, 6) is -0.366. The van der Waals surface area contributed by atoms with Gasteiger partial charge in [0.15, 0.2) is 0 Å². The fraction of sp³-hybridized carbons (Fsp3) is 0.417. The van der Waals surface area contributed by atoms with Crippen LogP contribution in [0.5, 0.6) is 0 Å². The summed E-state index contributed by atoms with van der Waals surface area (Å²) < 4.78 is 21.6. The highest BCUT2D eigenvalue weighted by molar-refractivity contribution is 5.77. The van der Waals surface area contributed by atoms with Crippen LogP contribution in [0.3, 0.4) is 0 Å². The number of nitriles is 1. The first kappa shape index (κ1) is 20.4. The number of hydrogen-bond donors (Lipinski definition) is 0. The van der Waals surface area contributed by atoms with Crippen molar-refractivity contribution in [2.24, 2.45) is 5.41 Å². The van der Waals surface area contributed by atoms with E-state index >= 15 is 0 Å². The van der Waals surface area contributed by atoms with Gasteiger partial charge in [0, 0.05) is 12.7 Å². The largest absolute Gasteiger partial charge is 0.441 e. The molecule has 1 unspecified atom stereocenters. The van der Waals surface area contributed by atoms with Crippen molar-refractivity contribution in [3.05, 3.63) is 59.9 Å². The molecule has 3 heterocycles. The fourth-order valence-electron chi connectivity index (χ4n) is 5.36. The van der Waals surface area contributed by atoms with Gasteiger partial charge in [-0.2, -0.15) is 5.26 Å². The molecule has 164 valence electrons. The third-order valence-corrected chi connectivity index (χ3v) is 6.64. The Labute approximate surface area is 185 Å². The summed E-state index contributed by atoms with van der Waals surface area (Å²) >= 11 is 0. The molecular weight excluding hydrogens is 409 g/mol. The fourth-order valence-corrected chi connectivity index (χ4v) is 5.36. The summed E-state index contributed by atoms with van der Waals surface area (Å²) in [6, 6.07) is 10.3. The van der Waals surface area contributed by atoms with Crippen LogP contribution in [0.4, 0.5) is 9.18 Å². The summed E-state index contributed by atoms with van der Waals surface area (Å²) in [6.45, 7) is 3.66. The highest BCUT2D eigenvalue weighted by Crippen LogP contribution is 2.47. The molecule has 2 aromatic heterocycles. The first-order valence-electron chi connectivity index (χ1n) is 10.8. The number of fused-ring (bicyclic) bond motifs is 1. The number of ether oxygens (including phenoxy) is 1. The Bertz CT molecular complexity index is 1230. The minimum Gasteiger partial charge on any atom is -0.441 e. The number of pyridine rings is 1. The van der Waals surface area contributed by atoms with E-state index in [0.29, 0.717) is 17.8 Å². The van der Waals surface area contributed by atoms with Crippen LogP contribution in [0.15, 0.2) is 42.9 Å². The van der Waals surface area contributed by atoms with E-state index in [4.69, 9.17) is 4.74 Å². The maximum Gasteiger partial charge on any atom is 0.410 e. The first-order chi connectivity index (χ1) is 15.4. The van der Waals surface area contributed by atoms with E-state index in [1.54, 1.807) is 11.0 Å². The molecule has 32 heavy (non-hydrogen) atoms. The number of aromatic nitrogens is 3. The number of amides is 1. The number of carbonyl (C=O) groups excluding carboxylic acids is 1. The lowest BCUT2D eigenvalue weighted by atomic mass is 9.68. The van der Waals surface area contributed by atoms with E-state index in [2.05, 4.69) is 27.5 Å². The van der Waals surface area contributed by atoms with Crippen LogP contribution in [-0.2, 0) is 17.8 Å². The summed E-state index contributed by atoms with van der Waals surface area (Å²) in [5.41, 5.74) is 2.27. The van der Waals surface area contributed by atoms with Crippen LogP contribution in [-0.4, -0.2) is 37.7 Å². The average Bonchev–Trinajstić information content (AvgIpc) is 3.27. The smallest absolute Gasteiger partial charge is 0.410 e. The maximum absolute atomic E-state index is 13.5. The molecule has 2 atom stereocenters. The first-order valence-corrected chi connectivity index (χ1v) is 10.8. The lowest BCUT2D eigenvalue weighted by molar-refractivity contribution is -0.0270. The van der Waals surface area contributed by atoms with Crippen molar-refractivity contribution in [1.29, 1.82) is 5.26 Å². The molecule has 1 aromatic carbocycles. The Hall–Kier alpha value is -3.47. The molecule has 0 N–H and O–H groups in total. The van der Waals surface area contributed by atoms with E-state index in [0.717, 1.165) is 43.3 Å². The van der Waals surface area contributed by atoms with Crippen molar-refractivity contribution in [3.63, 3.8) is 0 Å². The zero-order valence-electron chi connectivity index (χ0n) is 17.9. The van der Waals surface area contributed by atoms with E-state index in [1.165, 1.54) is 18.3 Å². The molecule has 1 saturated heterocycles. The van der Waals surface area contributed by atoms with E-state index in [-0.39, 0.29) is 23.9 Å². The second-order valence-electron chi connectivity index (χ2n) is 9.40. The SMILES string of the molecule is C[C@]1(Cn2cnc3ccc(C#N)cc32)CCCC2(CN(Cc3cc(F)ccn3)C(=O)O2)C1. The Morgan fingerprint density at radius 1 is 1.25 bits per heavy atom. The number of nitrogens with zero attached hydrogens (tertiary/aromatic N) is 5. The van der Waals surface area contributed by atoms with Crippen LogP contribution in [0.25, 0.3) is 11.0 Å².